The van der Waals surface area contributed by atoms with Crippen molar-refractivity contribution < 1.29 is 0 Å². The topological polar surface area (TPSA) is 24.9 Å². The number of aromatic nitrogens is 1. The predicted octanol–water partition coefficient (Wildman–Crippen LogP) is 4.34. The van der Waals surface area contributed by atoms with Gasteiger partial charge in [-0.1, -0.05) is 33.8 Å². The second kappa shape index (κ2) is 6.00. The van der Waals surface area contributed by atoms with Crippen molar-refractivity contribution in [2.45, 2.75) is 22.2 Å². The molecule has 0 saturated carbocycles. The molecule has 17 heavy (non-hydrogen) atoms. The van der Waals surface area contributed by atoms with Gasteiger partial charge in [-0.05, 0) is 31.7 Å². The summed E-state index contributed by atoms with van der Waals surface area (Å²) in [7, 11) is 1.97. The molecule has 0 bridgehead atoms. The number of thiazole rings is 1. The van der Waals surface area contributed by atoms with Gasteiger partial charge in [-0.3, -0.25) is 0 Å². The maximum Gasteiger partial charge on any atom is 0.154 e. The van der Waals surface area contributed by atoms with Gasteiger partial charge in [0.2, 0.25) is 0 Å². The summed E-state index contributed by atoms with van der Waals surface area (Å²) in [6, 6.07) is 6.79. The van der Waals surface area contributed by atoms with Crippen LogP contribution in [0, 0.1) is 0 Å². The molecule has 1 aromatic heterocycles. The van der Waals surface area contributed by atoms with Gasteiger partial charge < -0.3 is 5.32 Å². The third kappa shape index (κ3) is 3.31. The summed E-state index contributed by atoms with van der Waals surface area (Å²) in [6.07, 6.45) is 1.83. The first-order chi connectivity index (χ1) is 8.20. The van der Waals surface area contributed by atoms with Crippen molar-refractivity contribution in [3.63, 3.8) is 0 Å². The molecule has 2 nitrogen and oxygen atoms in total. The quantitative estimate of drug-likeness (QED) is 0.903. The highest BCUT2D eigenvalue weighted by Crippen LogP contribution is 2.33. The van der Waals surface area contributed by atoms with E-state index in [2.05, 4.69) is 51.4 Å². The molecule has 0 amide bonds. The summed E-state index contributed by atoms with van der Waals surface area (Å²) in [4.78, 5) is 5.48. The van der Waals surface area contributed by atoms with Crippen molar-refractivity contribution in [1.29, 1.82) is 0 Å². The zero-order valence-corrected chi connectivity index (χ0v) is 12.8. The summed E-state index contributed by atoms with van der Waals surface area (Å²) in [5, 5.41) is 5.23. The Morgan fingerprint density at radius 2 is 2.29 bits per heavy atom. The number of nitrogens with one attached hydrogen (secondary N) is 1. The largest absolute Gasteiger partial charge is 0.313 e. The Labute approximate surface area is 118 Å². The lowest BCUT2D eigenvalue weighted by Gasteiger charge is -2.13. The van der Waals surface area contributed by atoms with Crippen molar-refractivity contribution in [1.82, 2.24) is 10.3 Å². The molecule has 2 rings (SSSR count). The maximum atomic E-state index is 4.27. The zero-order valence-electron chi connectivity index (χ0n) is 9.61. The third-order valence-corrected chi connectivity index (χ3v) is 5.05. The van der Waals surface area contributed by atoms with Gasteiger partial charge in [0.15, 0.2) is 4.34 Å². The number of benzene rings is 1. The first-order valence-electron chi connectivity index (χ1n) is 5.24. The number of halogens is 1. The molecule has 0 fully saturated rings. The minimum atomic E-state index is 0.350. The normalized spacial score (nSPS) is 12.6. The molecule has 0 aliphatic carbocycles. The fraction of sp³-hybridized carbons (Fsp3) is 0.250. The van der Waals surface area contributed by atoms with E-state index in [0.717, 1.165) is 8.81 Å². The molecular formula is C12H13BrN2S2. The highest BCUT2D eigenvalue weighted by molar-refractivity contribution is 9.10. The summed E-state index contributed by atoms with van der Waals surface area (Å²) >= 11 is 6.98. The van der Waals surface area contributed by atoms with E-state index in [9.17, 15) is 0 Å². The highest BCUT2D eigenvalue weighted by atomic mass is 79.9. The van der Waals surface area contributed by atoms with Crippen LogP contribution < -0.4 is 5.32 Å². The second-order valence-corrected chi connectivity index (χ2v) is 6.66. The minimum absolute atomic E-state index is 0.350. The Bertz CT molecular complexity index is 485. The van der Waals surface area contributed by atoms with Crippen LogP contribution in [0.15, 0.2) is 43.5 Å². The second-order valence-electron chi connectivity index (χ2n) is 3.59. The van der Waals surface area contributed by atoms with Crippen LogP contribution in [-0.4, -0.2) is 12.0 Å². The van der Waals surface area contributed by atoms with Gasteiger partial charge in [-0.2, -0.15) is 0 Å². The van der Waals surface area contributed by atoms with E-state index in [-0.39, 0.29) is 0 Å². The van der Waals surface area contributed by atoms with Gasteiger partial charge in [-0.25, -0.2) is 4.98 Å². The molecule has 0 spiro atoms. The lowest BCUT2D eigenvalue weighted by atomic mass is 10.1. The Kier molecular flexibility index (Phi) is 4.62. The van der Waals surface area contributed by atoms with Crippen LogP contribution in [-0.2, 0) is 0 Å². The first-order valence-corrected chi connectivity index (χ1v) is 7.73. The maximum absolute atomic E-state index is 4.27. The van der Waals surface area contributed by atoms with Crippen molar-refractivity contribution in [3.05, 3.63) is 39.8 Å². The van der Waals surface area contributed by atoms with Crippen molar-refractivity contribution >= 4 is 39.0 Å². The van der Waals surface area contributed by atoms with E-state index in [1.165, 1.54) is 10.5 Å². The molecule has 0 radical (unpaired) electrons. The standard InChI is InChI=1S/C12H13BrN2S2/c1-8(14-2)10-4-3-9(7-11(10)13)17-12-15-5-6-16-12/h3-8,14H,1-2H3. The molecule has 90 valence electrons. The molecule has 1 atom stereocenters. The first kappa shape index (κ1) is 13.1. The summed E-state index contributed by atoms with van der Waals surface area (Å²) in [5.41, 5.74) is 1.27. The van der Waals surface area contributed by atoms with E-state index in [1.54, 1.807) is 23.1 Å². The van der Waals surface area contributed by atoms with Crippen LogP contribution in [0.1, 0.15) is 18.5 Å². The van der Waals surface area contributed by atoms with E-state index < -0.39 is 0 Å². The Hall–Kier alpha value is -0.360. The van der Waals surface area contributed by atoms with E-state index >= 15 is 0 Å². The average molecular weight is 329 g/mol. The lowest BCUT2D eigenvalue weighted by molar-refractivity contribution is 0.649. The Balaban J connectivity index is 2.19. The van der Waals surface area contributed by atoms with Crippen LogP contribution >= 0.6 is 39.0 Å². The molecule has 1 aromatic carbocycles. The van der Waals surface area contributed by atoms with Gasteiger partial charge in [0.1, 0.15) is 0 Å². The molecule has 1 unspecified atom stereocenters. The SMILES string of the molecule is CNC(C)c1ccc(Sc2nccs2)cc1Br. The molecule has 0 aliphatic heterocycles. The van der Waals surface area contributed by atoms with Crippen molar-refractivity contribution in [2.24, 2.45) is 0 Å². The molecule has 5 heteroatoms. The number of rotatable bonds is 4. The molecule has 2 aromatic rings. The molecule has 1 N–H and O–H groups in total. The van der Waals surface area contributed by atoms with Gasteiger partial charge in [0.05, 0.1) is 0 Å². The monoisotopic (exact) mass is 328 g/mol. The van der Waals surface area contributed by atoms with Crippen molar-refractivity contribution in [2.75, 3.05) is 7.05 Å². The molecule has 0 saturated heterocycles. The van der Waals surface area contributed by atoms with Gasteiger partial charge in [-0.15, -0.1) is 11.3 Å². The van der Waals surface area contributed by atoms with Crippen LogP contribution in [0.5, 0.6) is 0 Å². The smallest absolute Gasteiger partial charge is 0.154 e. The molecule has 1 heterocycles. The van der Waals surface area contributed by atoms with E-state index in [1.807, 2.05) is 18.6 Å². The number of hydrogen-bond donors (Lipinski definition) is 1. The van der Waals surface area contributed by atoms with Crippen LogP contribution in [0.2, 0.25) is 0 Å². The van der Waals surface area contributed by atoms with Crippen LogP contribution in [0.4, 0.5) is 0 Å². The molecule has 0 aliphatic rings. The van der Waals surface area contributed by atoms with Crippen molar-refractivity contribution in [3.8, 4) is 0 Å². The van der Waals surface area contributed by atoms with Gasteiger partial charge in [0.25, 0.3) is 0 Å². The van der Waals surface area contributed by atoms with Gasteiger partial charge >= 0.3 is 0 Å². The van der Waals surface area contributed by atoms with E-state index in [0.29, 0.717) is 6.04 Å². The van der Waals surface area contributed by atoms with Crippen LogP contribution in [0.3, 0.4) is 0 Å². The zero-order chi connectivity index (χ0) is 12.3. The van der Waals surface area contributed by atoms with Gasteiger partial charge in [0, 0.05) is 27.0 Å². The molecular weight excluding hydrogens is 316 g/mol. The highest BCUT2D eigenvalue weighted by Gasteiger charge is 2.08. The third-order valence-electron chi connectivity index (χ3n) is 2.49. The predicted molar refractivity (Wildman–Crippen MR) is 77.9 cm³/mol. The summed E-state index contributed by atoms with van der Waals surface area (Å²) in [5.74, 6) is 0. The summed E-state index contributed by atoms with van der Waals surface area (Å²) in [6.45, 7) is 2.15. The number of nitrogens with zero attached hydrogens (tertiary/aromatic N) is 1. The Morgan fingerprint density at radius 3 is 2.88 bits per heavy atom. The minimum Gasteiger partial charge on any atom is -0.313 e. The number of hydrogen-bond acceptors (Lipinski definition) is 4. The van der Waals surface area contributed by atoms with E-state index in [4.69, 9.17) is 0 Å². The fourth-order valence-corrected chi connectivity index (χ4v) is 3.95. The average Bonchev–Trinajstić information content (AvgIpc) is 2.81. The lowest BCUT2D eigenvalue weighted by Crippen LogP contribution is -2.12. The van der Waals surface area contributed by atoms with Crippen LogP contribution in [0.25, 0.3) is 0 Å². The summed E-state index contributed by atoms with van der Waals surface area (Å²) < 4.78 is 2.22. The fourth-order valence-electron chi connectivity index (χ4n) is 1.44. The Morgan fingerprint density at radius 1 is 1.47 bits per heavy atom.